The zero-order valence-corrected chi connectivity index (χ0v) is 17.7. The number of rotatable bonds is 2. The van der Waals surface area contributed by atoms with Crippen molar-refractivity contribution in [1.82, 2.24) is 9.97 Å². The summed E-state index contributed by atoms with van der Waals surface area (Å²) >= 11 is 10.5. The molecule has 24 heavy (non-hydrogen) atoms. The van der Waals surface area contributed by atoms with Crippen LogP contribution in [0.1, 0.15) is 11.4 Å². The molecule has 0 unspecified atom stereocenters. The minimum atomic E-state index is 0.967. The Kier molecular flexibility index (Phi) is 4.33. The van der Waals surface area contributed by atoms with Gasteiger partial charge in [0.05, 0.1) is 30.0 Å². The van der Waals surface area contributed by atoms with Crippen LogP contribution in [0.25, 0.3) is 31.9 Å². The van der Waals surface area contributed by atoms with E-state index in [9.17, 15) is 0 Å². The molecule has 0 aliphatic rings. The number of thiophene rings is 2. The van der Waals surface area contributed by atoms with Gasteiger partial charge in [0, 0.05) is 20.9 Å². The van der Waals surface area contributed by atoms with Crippen LogP contribution in [-0.4, -0.2) is 9.97 Å². The minimum Gasteiger partial charge on any atom is -0.249 e. The summed E-state index contributed by atoms with van der Waals surface area (Å²) in [6.07, 6.45) is 0. The summed E-state index contributed by atoms with van der Waals surface area (Å²) in [4.78, 5) is 12.1. The normalized spacial score (nSPS) is 11.3. The molecule has 0 spiro atoms. The number of halogens is 2. The molecule has 0 saturated heterocycles. The third kappa shape index (κ3) is 2.86. The Morgan fingerprint density at radius 3 is 1.42 bits per heavy atom. The number of fused-ring (bicyclic) bond motifs is 1. The number of aryl methyl sites for hydroxylation is 2. The molecule has 4 aromatic rings. The van der Waals surface area contributed by atoms with Crippen molar-refractivity contribution in [2.75, 3.05) is 0 Å². The number of benzene rings is 1. The van der Waals surface area contributed by atoms with Crippen molar-refractivity contribution < 1.29 is 0 Å². The van der Waals surface area contributed by atoms with Crippen LogP contribution in [0.4, 0.5) is 0 Å². The fourth-order valence-electron chi connectivity index (χ4n) is 2.62. The van der Waals surface area contributed by atoms with Crippen molar-refractivity contribution in [2.45, 2.75) is 13.8 Å². The second kappa shape index (κ2) is 6.33. The van der Waals surface area contributed by atoms with E-state index in [1.807, 2.05) is 13.8 Å². The van der Waals surface area contributed by atoms with E-state index < -0.39 is 0 Å². The van der Waals surface area contributed by atoms with Crippen molar-refractivity contribution in [1.29, 1.82) is 0 Å². The quantitative estimate of drug-likeness (QED) is 0.303. The lowest BCUT2D eigenvalue weighted by Crippen LogP contribution is -1.96. The first-order valence-corrected chi connectivity index (χ1v) is 10.5. The highest BCUT2D eigenvalue weighted by molar-refractivity contribution is 9.11. The Labute approximate surface area is 164 Å². The Hall–Kier alpha value is -1.08. The van der Waals surface area contributed by atoms with Crippen LogP contribution in [0, 0.1) is 13.8 Å². The van der Waals surface area contributed by atoms with Crippen molar-refractivity contribution in [3.63, 3.8) is 0 Å². The maximum atomic E-state index is 4.88. The van der Waals surface area contributed by atoms with Gasteiger partial charge in [-0.15, -0.1) is 22.7 Å². The number of aromatic nitrogens is 2. The molecular formula is C18H12Br2N2S2. The molecule has 0 bridgehead atoms. The van der Waals surface area contributed by atoms with E-state index >= 15 is 0 Å². The van der Waals surface area contributed by atoms with Crippen LogP contribution in [0.15, 0.2) is 44.0 Å². The fraction of sp³-hybridized carbons (Fsp3) is 0.111. The molecule has 1 aromatic carbocycles. The van der Waals surface area contributed by atoms with Gasteiger partial charge in [-0.25, -0.2) is 9.97 Å². The molecule has 0 saturated carbocycles. The topological polar surface area (TPSA) is 25.8 Å². The largest absolute Gasteiger partial charge is 0.249 e. The Morgan fingerprint density at radius 2 is 1.08 bits per heavy atom. The predicted octanol–water partition coefficient (Wildman–Crippen LogP) is 7.23. The molecule has 0 aliphatic carbocycles. The summed E-state index contributed by atoms with van der Waals surface area (Å²) < 4.78 is 2.24. The highest BCUT2D eigenvalue weighted by Gasteiger charge is 2.15. The molecule has 2 nitrogen and oxygen atoms in total. The standard InChI is InChI=1S/C18H12Br2N2S2/c1-9-10(2)22-18-12(14-6-8-16(20)24-14)4-3-11(17(18)21-9)13-5-7-15(19)23-13/h3-8H,1-2H3. The van der Waals surface area contributed by atoms with Crippen LogP contribution in [-0.2, 0) is 0 Å². The molecule has 3 heterocycles. The lowest BCUT2D eigenvalue weighted by Gasteiger charge is -2.10. The first-order chi connectivity index (χ1) is 11.5. The summed E-state index contributed by atoms with van der Waals surface area (Å²) in [5.41, 5.74) is 6.16. The third-order valence-corrected chi connectivity index (χ3v) is 7.23. The monoisotopic (exact) mass is 478 g/mol. The second-order valence-electron chi connectivity index (χ2n) is 5.46. The van der Waals surface area contributed by atoms with E-state index in [2.05, 4.69) is 68.3 Å². The molecule has 0 amide bonds. The number of nitrogens with zero attached hydrogens (tertiary/aromatic N) is 2. The molecule has 0 aliphatic heterocycles. The molecule has 3 aromatic heterocycles. The maximum Gasteiger partial charge on any atom is 0.0983 e. The SMILES string of the molecule is Cc1nc2c(-c3ccc(Br)s3)ccc(-c3ccc(Br)s3)c2nc1C. The van der Waals surface area contributed by atoms with E-state index in [1.165, 1.54) is 9.75 Å². The van der Waals surface area contributed by atoms with Crippen molar-refractivity contribution in [3.05, 3.63) is 55.4 Å². The van der Waals surface area contributed by atoms with Gasteiger partial charge in [0.2, 0.25) is 0 Å². The highest BCUT2D eigenvalue weighted by Crippen LogP contribution is 2.40. The Bertz CT molecular complexity index is 982. The first-order valence-electron chi connectivity index (χ1n) is 7.32. The summed E-state index contributed by atoms with van der Waals surface area (Å²) in [6.45, 7) is 4.04. The lowest BCUT2D eigenvalue weighted by molar-refractivity contribution is 1.10. The van der Waals surface area contributed by atoms with Gasteiger partial charge in [0.1, 0.15) is 0 Å². The molecule has 6 heteroatoms. The van der Waals surface area contributed by atoms with Crippen molar-refractivity contribution >= 4 is 65.6 Å². The van der Waals surface area contributed by atoms with Gasteiger partial charge < -0.3 is 0 Å². The van der Waals surface area contributed by atoms with Gasteiger partial charge in [0.15, 0.2) is 0 Å². The number of hydrogen-bond acceptors (Lipinski definition) is 4. The zero-order valence-electron chi connectivity index (χ0n) is 12.9. The van der Waals surface area contributed by atoms with Crippen molar-refractivity contribution in [3.8, 4) is 20.9 Å². The molecule has 0 fully saturated rings. The zero-order chi connectivity index (χ0) is 16.8. The van der Waals surface area contributed by atoms with Crippen LogP contribution >= 0.6 is 54.5 Å². The minimum absolute atomic E-state index is 0.967. The van der Waals surface area contributed by atoms with Gasteiger partial charge in [-0.3, -0.25) is 0 Å². The van der Waals surface area contributed by atoms with E-state index in [4.69, 9.17) is 9.97 Å². The first kappa shape index (κ1) is 16.4. The molecule has 120 valence electrons. The third-order valence-electron chi connectivity index (χ3n) is 3.91. The Morgan fingerprint density at radius 1 is 0.667 bits per heavy atom. The molecule has 0 radical (unpaired) electrons. The van der Waals surface area contributed by atoms with Crippen molar-refractivity contribution in [2.24, 2.45) is 0 Å². The summed E-state index contributed by atoms with van der Waals surface area (Å²) in [5.74, 6) is 0. The van der Waals surface area contributed by atoms with Gasteiger partial charge in [-0.05, 0) is 70.0 Å². The molecule has 0 N–H and O–H groups in total. The van der Waals surface area contributed by atoms with Gasteiger partial charge >= 0.3 is 0 Å². The van der Waals surface area contributed by atoms with Gasteiger partial charge in [-0.2, -0.15) is 0 Å². The van der Waals surface area contributed by atoms with E-state index in [1.54, 1.807) is 22.7 Å². The average molecular weight is 480 g/mol. The second-order valence-corrected chi connectivity index (χ2v) is 10.4. The fourth-order valence-corrected chi connectivity index (χ4v) is 5.44. The summed E-state index contributed by atoms with van der Waals surface area (Å²) in [6, 6.07) is 12.7. The molecule has 0 atom stereocenters. The Balaban J connectivity index is 2.05. The van der Waals surface area contributed by atoms with Crippen LogP contribution < -0.4 is 0 Å². The highest BCUT2D eigenvalue weighted by atomic mass is 79.9. The van der Waals surface area contributed by atoms with Crippen LogP contribution in [0.3, 0.4) is 0 Å². The number of hydrogen-bond donors (Lipinski definition) is 0. The lowest BCUT2D eigenvalue weighted by atomic mass is 10.0. The van der Waals surface area contributed by atoms with Crippen LogP contribution in [0.2, 0.25) is 0 Å². The van der Waals surface area contributed by atoms with Gasteiger partial charge in [-0.1, -0.05) is 12.1 Å². The van der Waals surface area contributed by atoms with Crippen LogP contribution in [0.5, 0.6) is 0 Å². The van der Waals surface area contributed by atoms with Gasteiger partial charge in [0.25, 0.3) is 0 Å². The van der Waals surface area contributed by atoms with E-state index in [-0.39, 0.29) is 0 Å². The smallest absolute Gasteiger partial charge is 0.0983 e. The molecule has 4 rings (SSSR count). The predicted molar refractivity (Wildman–Crippen MR) is 111 cm³/mol. The van der Waals surface area contributed by atoms with E-state index in [0.717, 1.165) is 41.1 Å². The summed E-state index contributed by atoms with van der Waals surface area (Å²) in [5, 5.41) is 0. The maximum absolute atomic E-state index is 4.88. The average Bonchev–Trinajstić information content (AvgIpc) is 3.16. The summed E-state index contributed by atoms with van der Waals surface area (Å²) in [7, 11) is 0. The molecular weight excluding hydrogens is 468 g/mol. The van der Waals surface area contributed by atoms with E-state index in [0.29, 0.717) is 0 Å².